The zero-order chi connectivity index (χ0) is 12.1. The molecule has 2 heterocycles. The van der Waals surface area contributed by atoms with Gasteiger partial charge in [0.15, 0.2) is 0 Å². The van der Waals surface area contributed by atoms with Crippen molar-refractivity contribution in [2.24, 2.45) is 0 Å². The van der Waals surface area contributed by atoms with Crippen molar-refractivity contribution in [2.75, 3.05) is 18.5 Å². The Morgan fingerprint density at radius 1 is 1.18 bits per heavy atom. The van der Waals surface area contributed by atoms with Gasteiger partial charge in [0, 0.05) is 37.7 Å². The predicted molar refractivity (Wildman–Crippen MR) is 68.0 cm³/mol. The van der Waals surface area contributed by atoms with Crippen molar-refractivity contribution in [3.8, 4) is 0 Å². The number of pyridine rings is 1. The Kier molecular flexibility index (Phi) is 3.65. The lowest BCUT2D eigenvalue weighted by molar-refractivity contribution is 0.851. The highest BCUT2D eigenvalue weighted by Crippen LogP contribution is 2.09. The molecule has 0 aliphatic carbocycles. The van der Waals surface area contributed by atoms with Crippen molar-refractivity contribution < 1.29 is 0 Å². The first-order chi connectivity index (χ1) is 8.25. The second-order valence-corrected chi connectivity index (χ2v) is 4.04. The number of aryl methyl sites for hydroxylation is 1. The molecule has 0 N–H and O–H groups in total. The molecule has 2 aromatic rings. The number of likely N-dealkylation sites (N-methyl/N-ethyl adjacent to an activating group) is 1. The molecule has 0 unspecified atom stereocenters. The normalized spacial score (nSPS) is 10.2. The number of aromatic nitrogens is 3. The topological polar surface area (TPSA) is 41.9 Å². The summed E-state index contributed by atoms with van der Waals surface area (Å²) in [5.41, 5.74) is 2.28. The van der Waals surface area contributed by atoms with Crippen LogP contribution in [0.3, 0.4) is 0 Å². The van der Waals surface area contributed by atoms with E-state index in [9.17, 15) is 0 Å². The van der Waals surface area contributed by atoms with Gasteiger partial charge in [0.1, 0.15) is 12.1 Å². The highest BCUT2D eigenvalue weighted by Gasteiger charge is 2.03. The molecule has 0 spiro atoms. The van der Waals surface area contributed by atoms with E-state index >= 15 is 0 Å². The molecule has 17 heavy (non-hydrogen) atoms. The van der Waals surface area contributed by atoms with Crippen LogP contribution in [0.2, 0.25) is 0 Å². The van der Waals surface area contributed by atoms with Gasteiger partial charge in [-0.05, 0) is 31.0 Å². The van der Waals surface area contributed by atoms with Crippen LogP contribution in [0.15, 0.2) is 36.9 Å². The number of hydrogen-bond donors (Lipinski definition) is 0. The standard InChI is InChI=1S/C13H16N4/c1-11-9-13(16-10-15-11)17(2)8-5-12-3-6-14-7-4-12/h3-4,6-7,9-10H,5,8H2,1-2H3. The summed E-state index contributed by atoms with van der Waals surface area (Å²) in [4.78, 5) is 14.5. The van der Waals surface area contributed by atoms with Crippen LogP contribution < -0.4 is 4.90 Å². The van der Waals surface area contributed by atoms with Crippen LogP contribution >= 0.6 is 0 Å². The minimum absolute atomic E-state index is 0.931. The van der Waals surface area contributed by atoms with Gasteiger partial charge in [-0.15, -0.1) is 0 Å². The van der Waals surface area contributed by atoms with Crippen molar-refractivity contribution in [3.05, 3.63) is 48.2 Å². The van der Waals surface area contributed by atoms with Gasteiger partial charge in [0.2, 0.25) is 0 Å². The first-order valence-corrected chi connectivity index (χ1v) is 5.64. The second-order valence-electron chi connectivity index (χ2n) is 4.04. The minimum Gasteiger partial charge on any atom is -0.359 e. The molecule has 0 amide bonds. The molecule has 4 heteroatoms. The molecule has 0 aliphatic rings. The van der Waals surface area contributed by atoms with Gasteiger partial charge in [-0.3, -0.25) is 4.98 Å². The van der Waals surface area contributed by atoms with Crippen molar-refractivity contribution in [1.82, 2.24) is 15.0 Å². The molecule has 88 valence electrons. The number of hydrogen-bond acceptors (Lipinski definition) is 4. The van der Waals surface area contributed by atoms with Crippen LogP contribution in [0.4, 0.5) is 5.82 Å². The van der Waals surface area contributed by atoms with E-state index in [2.05, 4.69) is 19.9 Å². The number of nitrogens with zero attached hydrogens (tertiary/aromatic N) is 4. The largest absolute Gasteiger partial charge is 0.359 e. The minimum atomic E-state index is 0.931. The summed E-state index contributed by atoms with van der Waals surface area (Å²) < 4.78 is 0. The first-order valence-electron chi connectivity index (χ1n) is 5.64. The fourth-order valence-corrected chi connectivity index (χ4v) is 1.61. The SMILES string of the molecule is Cc1cc(N(C)CCc2ccncc2)ncn1. The molecule has 2 aromatic heterocycles. The lowest BCUT2D eigenvalue weighted by atomic mass is 10.2. The Morgan fingerprint density at radius 3 is 2.65 bits per heavy atom. The average Bonchev–Trinajstić information content (AvgIpc) is 2.37. The highest BCUT2D eigenvalue weighted by atomic mass is 15.2. The number of anilines is 1. The molecular formula is C13H16N4. The summed E-state index contributed by atoms with van der Waals surface area (Å²) in [6.45, 7) is 2.91. The summed E-state index contributed by atoms with van der Waals surface area (Å²) in [5, 5.41) is 0. The van der Waals surface area contributed by atoms with Crippen molar-refractivity contribution in [2.45, 2.75) is 13.3 Å². The maximum Gasteiger partial charge on any atom is 0.131 e. The molecule has 0 fully saturated rings. The van der Waals surface area contributed by atoms with Gasteiger partial charge in [0.25, 0.3) is 0 Å². The molecule has 0 aromatic carbocycles. The fourth-order valence-electron chi connectivity index (χ4n) is 1.61. The van der Waals surface area contributed by atoms with Gasteiger partial charge in [-0.25, -0.2) is 9.97 Å². The number of rotatable bonds is 4. The summed E-state index contributed by atoms with van der Waals surface area (Å²) in [6, 6.07) is 6.07. The van der Waals surface area contributed by atoms with Crippen LogP contribution in [0, 0.1) is 6.92 Å². The average molecular weight is 228 g/mol. The first kappa shape index (κ1) is 11.5. The van der Waals surface area contributed by atoms with Crippen LogP contribution in [0.25, 0.3) is 0 Å². The zero-order valence-corrected chi connectivity index (χ0v) is 10.2. The molecule has 2 rings (SSSR count). The van der Waals surface area contributed by atoms with Gasteiger partial charge >= 0.3 is 0 Å². The van der Waals surface area contributed by atoms with E-state index in [1.54, 1.807) is 6.33 Å². The van der Waals surface area contributed by atoms with E-state index in [-0.39, 0.29) is 0 Å². The second kappa shape index (κ2) is 5.39. The summed E-state index contributed by atoms with van der Waals surface area (Å²) >= 11 is 0. The van der Waals surface area contributed by atoms with Gasteiger partial charge in [0.05, 0.1) is 0 Å². The maximum atomic E-state index is 4.25. The summed E-state index contributed by atoms with van der Waals surface area (Å²) in [5.74, 6) is 0.964. The third kappa shape index (κ3) is 3.24. The molecule has 0 radical (unpaired) electrons. The van der Waals surface area contributed by atoms with Crippen LogP contribution in [0.5, 0.6) is 0 Å². The lowest BCUT2D eigenvalue weighted by Gasteiger charge is -2.17. The molecule has 4 nitrogen and oxygen atoms in total. The van der Waals surface area contributed by atoms with E-state index in [0.29, 0.717) is 0 Å². The Bertz CT molecular complexity index is 470. The van der Waals surface area contributed by atoms with E-state index in [0.717, 1.165) is 24.5 Å². The Balaban J connectivity index is 1.96. The Morgan fingerprint density at radius 2 is 1.94 bits per heavy atom. The molecule has 0 aliphatic heterocycles. The van der Waals surface area contributed by atoms with Crippen LogP contribution in [-0.2, 0) is 6.42 Å². The van der Waals surface area contributed by atoms with Crippen molar-refractivity contribution >= 4 is 5.82 Å². The van der Waals surface area contributed by atoms with E-state index in [1.165, 1.54) is 5.56 Å². The van der Waals surface area contributed by atoms with Crippen LogP contribution in [0.1, 0.15) is 11.3 Å². The van der Waals surface area contributed by atoms with Crippen LogP contribution in [-0.4, -0.2) is 28.5 Å². The monoisotopic (exact) mass is 228 g/mol. The Labute approximate surface area is 101 Å². The predicted octanol–water partition coefficient (Wildman–Crippen LogP) is 1.86. The lowest BCUT2D eigenvalue weighted by Crippen LogP contribution is -2.21. The molecule has 0 saturated heterocycles. The van der Waals surface area contributed by atoms with E-state index in [1.807, 2.05) is 44.6 Å². The molecule has 0 saturated carbocycles. The molecule has 0 atom stereocenters. The van der Waals surface area contributed by atoms with E-state index < -0.39 is 0 Å². The van der Waals surface area contributed by atoms with Gasteiger partial charge < -0.3 is 4.90 Å². The third-order valence-electron chi connectivity index (χ3n) is 2.67. The zero-order valence-electron chi connectivity index (χ0n) is 10.2. The summed E-state index contributed by atoms with van der Waals surface area (Å²) in [6.07, 6.45) is 6.24. The van der Waals surface area contributed by atoms with Crippen molar-refractivity contribution in [1.29, 1.82) is 0 Å². The smallest absolute Gasteiger partial charge is 0.131 e. The third-order valence-corrected chi connectivity index (χ3v) is 2.67. The highest BCUT2D eigenvalue weighted by molar-refractivity contribution is 5.37. The fraction of sp³-hybridized carbons (Fsp3) is 0.308. The quantitative estimate of drug-likeness (QED) is 0.801. The molecular weight excluding hydrogens is 212 g/mol. The van der Waals surface area contributed by atoms with Gasteiger partial charge in [-0.1, -0.05) is 0 Å². The van der Waals surface area contributed by atoms with Crippen molar-refractivity contribution in [3.63, 3.8) is 0 Å². The van der Waals surface area contributed by atoms with E-state index in [4.69, 9.17) is 0 Å². The summed E-state index contributed by atoms with van der Waals surface area (Å²) in [7, 11) is 2.04. The maximum absolute atomic E-state index is 4.25. The van der Waals surface area contributed by atoms with Gasteiger partial charge in [-0.2, -0.15) is 0 Å². The molecule has 0 bridgehead atoms. The Hall–Kier alpha value is -1.97.